The molecule has 0 aliphatic rings. The molecule has 3 rings (SSSR count). The number of anilines is 4. The van der Waals surface area contributed by atoms with E-state index in [2.05, 4.69) is 15.3 Å². The Labute approximate surface area is 157 Å². The quantitative estimate of drug-likeness (QED) is 0.495. The van der Waals surface area contributed by atoms with E-state index in [9.17, 15) is 10.1 Å². The first-order valence-electron chi connectivity index (χ1n) is 8.67. The summed E-state index contributed by atoms with van der Waals surface area (Å²) in [6.45, 7) is 6.41. The second kappa shape index (κ2) is 7.82. The Kier molecular flexibility index (Phi) is 5.30. The van der Waals surface area contributed by atoms with Crippen molar-refractivity contribution in [2.24, 2.45) is 0 Å². The van der Waals surface area contributed by atoms with Crippen molar-refractivity contribution in [3.05, 3.63) is 76.1 Å². The standard InChI is InChI=1S/C20H21N5O2/c1-4-24(16-8-6-5-7-9-16)20-18(25(26)27)19(21-13-22-20)23-17-11-10-14(2)12-15(17)3/h5-13H,4H2,1-3H3,(H,21,22,23). The Bertz CT molecular complexity index is 960. The zero-order valence-electron chi connectivity index (χ0n) is 15.5. The van der Waals surface area contributed by atoms with Gasteiger partial charge in [0.15, 0.2) is 0 Å². The molecule has 7 nitrogen and oxygen atoms in total. The molecule has 0 bridgehead atoms. The number of rotatable bonds is 6. The molecule has 0 unspecified atom stereocenters. The van der Waals surface area contributed by atoms with Crippen LogP contribution in [0.15, 0.2) is 54.9 Å². The number of benzene rings is 2. The van der Waals surface area contributed by atoms with Crippen LogP contribution in [-0.2, 0) is 0 Å². The van der Waals surface area contributed by atoms with Gasteiger partial charge < -0.3 is 10.2 Å². The largest absolute Gasteiger partial charge is 0.354 e. The minimum Gasteiger partial charge on any atom is -0.334 e. The van der Waals surface area contributed by atoms with Crippen LogP contribution < -0.4 is 10.2 Å². The maximum Gasteiger partial charge on any atom is 0.354 e. The Morgan fingerprint density at radius 1 is 1.11 bits per heavy atom. The highest BCUT2D eigenvalue weighted by atomic mass is 16.6. The minimum atomic E-state index is -0.438. The van der Waals surface area contributed by atoms with Crippen LogP contribution in [0.2, 0.25) is 0 Å². The summed E-state index contributed by atoms with van der Waals surface area (Å²) >= 11 is 0. The van der Waals surface area contributed by atoms with E-state index >= 15 is 0 Å². The van der Waals surface area contributed by atoms with Crippen LogP contribution in [-0.4, -0.2) is 21.4 Å². The molecule has 0 aliphatic carbocycles. The van der Waals surface area contributed by atoms with E-state index in [0.717, 1.165) is 22.5 Å². The zero-order valence-corrected chi connectivity index (χ0v) is 15.5. The van der Waals surface area contributed by atoms with Gasteiger partial charge in [-0.1, -0.05) is 35.9 Å². The Morgan fingerprint density at radius 3 is 2.48 bits per heavy atom. The van der Waals surface area contributed by atoms with Gasteiger partial charge in [-0.25, -0.2) is 9.97 Å². The molecular formula is C20H21N5O2. The highest BCUT2D eigenvalue weighted by molar-refractivity contribution is 5.78. The third kappa shape index (κ3) is 3.87. The SMILES string of the molecule is CCN(c1ccccc1)c1ncnc(Nc2ccc(C)cc2C)c1[N+](=O)[O-]. The third-order valence-corrected chi connectivity index (χ3v) is 4.26. The van der Waals surface area contributed by atoms with E-state index < -0.39 is 4.92 Å². The predicted octanol–water partition coefficient (Wildman–Crippen LogP) is 4.90. The fourth-order valence-electron chi connectivity index (χ4n) is 2.97. The van der Waals surface area contributed by atoms with Crippen LogP contribution in [0.25, 0.3) is 0 Å². The van der Waals surface area contributed by atoms with Crippen LogP contribution in [0.5, 0.6) is 0 Å². The maximum atomic E-state index is 11.9. The number of aromatic nitrogens is 2. The fourth-order valence-corrected chi connectivity index (χ4v) is 2.97. The van der Waals surface area contributed by atoms with Crippen molar-refractivity contribution in [1.29, 1.82) is 0 Å². The molecule has 138 valence electrons. The van der Waals surface area contributed by atoms with Crippen molar-refractivity contribution in [1.82, 2.24) is 9.97 Å². The summed E-state index contributed by atoms with van der Waals surface area (Å²) in [5.74, 6) is 0.433. The van der Waals surface area contributed by atoms with E-state index in [-0.39, 0.29) is 17.3 Å². The van der Waals surface area contributed by atoms with Gasteiger partial charge in [0.05, 0.1) is 4.92 Å². The lowest BCUT2D eigenvalue weighted by Gasteiger charge is -2.22. The van der Waals surface area contributed by atoms with E-state index in [4.69, 9.17) is 0 Å². The van der Waals surface area contributed by atoms with Gasteiger partial charge in [-0.15, -0.1) is 0 Å². The summed E-state index contributed by atoms with van der Waals surface area (Å²) in [5, 5.41) is 15.0. The first kappa shape index (κ1) is 18.3. The van der Waals surface area contributed by atoms with Crippen molar-refractivity contribution in [3.8, 4) is 0 Å². The summed E-state index contributed by atoms with van der Waals surface area (Å²) in [5.41, 5.74) is 3.57. The first-order valence-corrected chi connectivity index (χ1v) is 8.67. The zero-order chi connectivity index (χ0) is 19.4. The van der Waals surface area contributed by atoms with E-state index in [1.807, 2.05) is 69.3 Å². The van der Waals surface area contributed by atoms with Crippen molar-refractivity contribution in [2.45, 2.75) is 20.8 Å². The Hall–Kier alpha value is -3.48. The molecule has 0 radical (unpaired) electrons. The van der Waals surface area contributed by atoms with Crippen LogP contribution >= 0.6 is 0 Å². The summed E-state index contributed by atoms with van der Waals surface area (Å²) in [6, 6.07) is 15.3. The predicted molar refractivity (Wildman–Crippen MR) is 107 cm³/mol. The Morgan fingerprint density at radius 2 is 1.85 bits per heavy atom. The lowest BCUT2D eigenvalue weighted by molar-refractivity contribution is -0.383. The van der Waals surface area contributed by atoms with Crippen LogP contribution in [0, 0.1) is 24.0 Å². The summed E-state index contributed by atoms with van der Waals surface area (Å²) in [6.07, 6.45) is 1.35. The topological polar surface area (TPSA) is 84.2 Å². The average Bonchev–Trinajstić information content (AvgIpc) is 2.65. The lowest BCUT2D eigenvalue weighted by Crippen LogP contribution is -2.19. The molecule has 7 heteroatoms. The molecule has 2 aromatic carbocycles. The van der Waals surface area contributed by atoms with Gasteiger partial charge in [0, 0.05) is 17.9 Å². The van der Waals surface area contributed by atoms with E-state index in [1.165, 1.54) is 6.33 Å². The molecule has 1 aromatic heterocycles. The van der Waals surface area contributed by atoms with Crippen molar-refractivity contribution in [2.75, 3.05) is 16.8 Å². The summed E-state index contributed by atoms with van der Waals surface area (Å²) < 4.78 is 0. The lowest BCUT2D eigenvalue weighted by atomic mass is 10.1. The normalized spacial score (nSPS) is 10.5. The number of nitro groups is 1. The van der Waals surface area contributed by atoms with Crippen LogP contribution in [0.1, 0.15) is 18.1 Å². The number of hydrogen-bond donors (Lipinski definition) is 1. The number of para-hydroxylation sites is 1. The number of aryl methyl sites for hydroxylation is 2. The monoisotopic (exact) mass is 363 g/mol. The Balaban J connectivity index is 2.08. The summed E-state index contributed by atoms with van der Waals surface area (Å²) in [7, 11) is 0. The maximum absolute atomic E-state index is 11.9. The fraction of sp³-hybridized carbons (Fsp3) is 0.200. The second-order valence-electron chi connectivity index (χ2n) is 6.17. The van der Waals surface area contributed by atoms with Crippen molar-refractivity contribution in [3.63, 3.8) is 0 Å². The molecule has 27 heavy (non-hydrogen) atoms. The summed E-state index contributed by atoms with van der Waals surface area (Å²) in [4.78, 5) is 21.6. The number of nitrogens with one attached hydrogen (secondary N) is 1. The molecule has 0 amide bonds. The molecule has 0 fully saturated rings. The van der Waals surface area contributed by atoms with E-state index in [1.54, 1.807) is 4.90 Å². The van der Waals surface area contributed by atoms with Gasteiger partial charge in [-0.2, -0.15) is 0 Å². The highest BCUT2D eigenvalue weighted by Crippen LogP contribution is 2.37. The molecule has 0 spiro atoms. The van der Waals surface area contributed by atoms with Gasteiger partial charge >= 0.3 is 5.69 Å². The van der Waals surface area contributed by atoms with Gasteiger partial charge in [-0.3, -0.25) is 10.1 Å². The second-order valence-corrected chi connectivity index (χ2v) is 6.17. The first-order chi connectivity index (χ1) is 13.0. The van der Waals surface area contributed by atoms with Gasteiger partial charge in [0.25, 0.3) is 0 Å². The van der Waals surface area contributed by atoms with Crippen molar-refractivity contribution >= 4 is 28.7 Å². The smallest absolute Gasteiger partial charge is 0.334 e. The van der Waals surface area contributed by atoms with Gasteiger partial charge in [0.2, 0.25) is 11.6 Å². The molecule has 3 aromatic rings. The van der Waals surface area contributed by atoms with Gasteiger partial charge in [-0.05, 0) is 44.5 Å². The number of hydrogen-bond acceptors (Lipinski definition) is 6. The van der Waals surface area contributed by atoms with Crippen LogP contribution in [0.3, 0.4) is 0 Å². The molecule has 1 N–H and O–H groups in total. The minimum absolute atomic E-state index is 0.150. The highest BCUT2D eigenvalue weighted by Gasteiger charge is 2.27. The number of nitrogens with zero attached hydrogens (tertiary/aromatic N) is 4. The molecular weight excluding hydrogens is 342 g/mol. The molecule has 0 aliphatic heterocycles. The molecule has 1 heterocycles. The van der Waals surface area contributed by atoms with E-state index in [0.29, 0.717) is 6.54 Å². The third-order valence-electron chi connectivity index (χ3n) is 4.26. The molecule has 0 saturated heterocycles. The molecule has 0 saturated carbocycles. The molecule has 0 atom stereocenters. The van der Waals surface area contributed by atoms with Crippen molar-refractivity contribution < 1.29 is 4.92 Å². The van der Waals surface area contributed by atoms with Crippen LogP contribution in [0.4, 0.5) is 28.7 Å². The van der Waals surface area contributed by atoms with Gasteiger partial charge in [0.1, 0.15) is 6.33 Å². The average molecular weight is 363 g/mol.